The van der Waals surface area contributed by atoms with Crippen LogP contribution in [-0.2, 0) is 14.3 Å². The van der Waals surface area contributed by atoms with E-state index in [-0.39, 0.29) is 23.7 Å². The first-order valence-corrected chi connectivity index (χ1v) is 6.51. The van der Waals surface area contributed by atoms with E-state index in [9.17, 15) is 4.79 Å². The number of hydrogen-bond acceptors (Lipinski definition) is 4. The highest BCUT2D eigenvalue weighted by Crippen LogP contribution is 2.31. The predicted molar refractivity (Wildman–Crippen MR) is 64.8 cm³/mol. The van der Waals surface area contributed by atoms with E-state index < -0.39 is 0 Å². The fourth-order valence-electron chi connectivity index (χ4n) is 2.92. The maximum atomic E-state index is 11.6. The number of nitrogens with zero attached hydrogens (tertiary/aromatic N) is 1. The monoisotopic (exact) mass is 241 g/mol. The largest absolute Gasteiger partial charge is 0.468 e. The predicted octanol–water partition coefficient (Wildman–Crippen LogP) is 1.58. The van der Waals surface area contributed by atoms with Gasteiger partial charge in [-0.1, -0.05) is 0 Å². The van der Waals surface area contributed by atoms with Gasteiger partial charge in [-0.2, -0.15) is 0 Å². The average molecular weight is 241 g/mol. The second kappa shape index (κ2) is 4.94. The van der Waals surface area contributed by atoms with E-state index in [0.29, 0.717) is 0 Å². The number of ether oxygens (including phenoxy) is 2. The molecule has 0 aromatic heterocycles. The molecular weight excluding hydrogens is 218 g/mol. The highest BCUT2D eigenvalue weighted by molar-refractivity contribution is 5.75. The number of carbonyl (C=O) groups excluding carboxylic acids is 1. The van der Waals surface area contributed by atoms with Gasteiger partial charge >= 0.3 is 5.97 Å². The second-order valence-corrected chi connectivity index (χ2v) is 5.71. The minimum Gasteiger partial charge on any atom is -0.468 e. The Bertz CT molecular complexity index is 290. The van der Waals surface area contributed by atoms with Gasteiger partial charge in [-0.3, -0.25) is 9.69 Å². The SMILES string of the molecule is COC(=O)C1CCCN1CC1CCC(C)(C)O1. The van der Waals surface area contributed by atoms with Crippen LogP contribution in [0.3, 0.4) is 0 Å². The maximum Gasteiger partial charge on any atom is 0.323 e. The van der Waals surface area contributed by atoms with Crippen molar-refractivity contribution in [1.29, 1.82) is 0 Å². The van der Waals surface area contributed by atoms with Crippen LogP contribution in [-0.4, -0.2) is 48.8 Å². The molecular formula is C13H23NO3. The van der Waals surface area contributed by atoms with Crippen LogP contribution in [0.2, 0.25) is 0 Å². The lowest BCUT2D eigenvalue weighted by Gasteiger charge is -2.26. The molecule has 2 aliphatic rings. The van der Waals surface area contributed by atoms with Crippen LogP contribution in [0.15, 0.2) is 0 Å². The van der Waals surface area contributed by atoms with Crippen LogP contribution in [0.25, 0.3) is 0 Å². The molecule has 2 unspecified atom stereocenters. The van der Waals surface area contributed by atoms with Crippen molar-refractivity contribution >= 4 is 5.97 Å². The molecule has 0 aliphatic carbocycles. The molecule has 98 valence electrons. The Balaban J connectivity index is 1.88. The van der Waals surface area contributed by atoms with Gasteiger partial charge in [-0.05, 0) is 46.1 Å². The molecule has 4 nitrogen and oxygen atoms in total. The lowest BCUT2D eigenvalue weighted by molar-refractivity contribution is -0.146. The smallest absolute Gasteiger partial charge is 0.323 e. The molecule has 2 heterocycles. The Kier molecular flexibility index (Phi) is 3.73. The average Bonchev–Trinajstić information content (AvgIpc) is 2.85. The van der Waals surface area contributed by atoms with Crippen molar-refractivity contribution in [2.24, 2.45) is 0 Å². The topological polar surface area (TPSA) is 38.8 Å². The summed E-state index contributed by atoms with van der Waals surface area (Å²) in [5, 5.41) is 0. The van der Waals surface area contributed by atoms with Crippen LogP contribution in [0.5, 0.6) is 0 Å². The molecule has 2 aliphatic heterocycles. The number of rotatable bonds is 3. The van der Waals surface area contributed by atoms with E-state index in [0.717, 1.165) is 38.8 Å². The third-order valence-electron chi connectivity index (χ3n) is 3.83. The summed E-state index contributed by atoms with van der Waals surface area (Å²) in [4.78, 5) is 13.8. The summed E-state index contributed by atoms with van der Waals surface area (Å²) in [5.74, 6) is -0.0974. The van der Waals surface area contributed by atoms with Gasteiger partial charge in [0.25, 0.3) is 0 Å². The molecule has 2 atom stereocenters. The first kappa shape index (κ1) is 12.8. The molecule has 0 N–H and O–H groups in total. The Morgan fingerprint density at radius 3 is 2.82 bits per heavy atom. The van der Waals surface area contributed by atoms with Crippen molar-refractivity contribution in [1.82, 2.24) is 4.90 Å². The van der Waals surface area contributed by atoms with E-state index in [1.54, 1.807) is 0 Å². The van der Waals surface area contributed by atoms with Crippen LogP contribution in [0, 0.1) is 0 Å². The summed E-state index contributed by atoms with van der Waals surface area (Å²) in [6.07, 6.45) is 4.47. The zero-order valence-electron chi connectivity index (χ0n) is 11.1. The van der Waals surface area contributed by atoms with Gasteiger partial charge in [0.1, 0.15) is 6.04 Å². The maximum absolute atomic E-state index is 11.6. The summed E-state index contributed by atoms with van der Waals surface area (Å²) in [6.45, 7) is 6.12. The van der Waals surface area contributed by atoms with Crippen molar-refractivity contribution in [3.8, 4) is 0 Å². The van der Waals surface area contributed by atoms with Gasteiger partial charge in [0, 0.05) is 6.54 Å². The lowest BCUT2D eigenvalue weighted by Crippen LogP contribution is -2.41. The van der Waals surface area contributed by atoms with Gasteiger partial charge < -0.3 is 9.47 Å². The first-order valence-electron chi connectivity index (χ1n) is 6.51. The van der Waals surface area contributed by atoms with Crippen LogP contribution >= 0.6 is 0 Å². The quantitative estimate of drug-likeness (QED) is 0.703. The van der Waals surface area contributed by atoms with E-state index in [1.807, 2.05) is 0 Å². The number of carbonyl (C=O) groups is 1. The summed E-state index contributed by atoms with van der Waals surface area (Å²) in [5.41, 5.74) is 0.00511. The third-order valence-corrected chi connectivity index (χ3v) is 3.83. The van der Waals surface area contributed by atoms with Crippen molar-refractivity contribution in [3.63, 3.8) is 0 Å². The molecule has 0 saturated carbocycles. The van der Waals surface area contributed by atoms with Crippen LogP contribution in [0.4, 0.5) is 0 Å². The third kappa shape index (κ3) is 2.99. The molecule has 2 saturated heterocycles. The normalized spacial score (nSPS) is 32.9. The van der Waals surface area contributed by atoms with Gasteiger partial charge in [0.15, 0.2) is 0 Å². The zero-order chi connectivity index (χ0) is 12.5. The number of esters is 1. The minimum atomic E-state index is -0.0974. The zero-order valence-corrected chi connectivity index (χ0v) is 11.1. The van der Waals surface area contributed by atoms with E-state index in [1.165, 1.54) is 7.11 Å². The molecule has 0 amide bonds. The molecule has 17 heavy (non-hydrogen) atoms. The summed E-state index contributed by atoms with van der Waals surface area (Å²) in [7, 11) is 1.47. The van der Waals surface area contributed by atoms with Gasteiger partial charge in [0.2, 0.25) is 0 Å². The molecule has 0 radical (unpaired) electrons. The Morgan fingerprint density at radius 1 is 1.47 bits per heavy atom. The Hall–Kier alpha value is -0.610. The van der Waals surface area contributed by atoms with Gasteiger partial charge in [-0.15, -0.1) is 0 Å². The van der Waals surface area contributed by atoms with Crippen LogP contribution < -0.4 is 0 Å². The summed E-state index contributed by atoms with van der Waals surface area (Å²) < 4.78 is 10.8. The van der Waals surface area contributed by atoms with Crippen LogP contribution in [0.1, 0.15) is 39.5 Å². The van der Waals surface area contributed by atoms with Gasteiger partial charge in [-0.25, -0.2) is 0 Å². The highest BCUT2D eigenvalue weighted by atomic mass is 16.5. The lowest BCUT2D eigenvalue weighted by atomic mass is 10.1. The minimum absolute atomic E-state index is 0.00511. The first-order chi connectivity index (χ1) is 8.02. The highest BCUT2D eigenvalue weighted by Gasteiger charge is 2.37. The fourth-order valence-corrected chi connectivity index (χ4v) is 2.92. The van der Waals surface area contributed by atoms with E-state index >= 15 is 0 Å². The van der Waals surface area contributed by atoms with Crippen molar-refractivity contribution in [3.05, 3.63) is 0 Å². The molecule has 0 spiro atoms. The van der Waals surface area contributed by atoms with Crippen molar-refractivity contribution in [2.75, 3.05) is 20.2 Å². The number of methoxy groups -OCH3 is 1. The molecule has 2 fully saturated rings. The summed E-state index contributed by atoms with van der Waals surface area (Å²) in [6, 6.07) is -0.0488. The van der Waals surface area contributed by atoms with E-state index in [2.05, 4.69) is 18.7 Å². The molecule has 2 rings (SSSR count). The fraction of sp³-hybridized carbons (Fsp3) is 0.923. The Labute approximate surface area is 103 Å². The molecule has 0 bridgehead atoms. The molecule has 0 aromatic carbocycles. The number of likely N-dealkylation sites (tertiary alicyclic amines) is 1. The second-order valence-electron chi connectivity index (χ2n) is 5.71. The molecule has 4 heteroatoms. The summed E-state index contributed by atoms with van der Waals surface area (Å²) >= 11 is 0. The van der Waals surface area contributed by atoms with Crippen molar-refractivity contribution < 1.29 is 14.3 Å². The standard InChI is InChI=1S/C13H23NO3/c1-13(2)7-6-10(17-13)9-14-8-4-5-11(14)12(15)16-3/h10-11H,4-9H2,1-3H3. The Morgan fingerprint density at radius 2 is 2.24 bits per heavy atom. The van der Waals surface area contributed by atoms with Crippen molar-refractivity contribution in [2.45, 2.75) is 57.3 Å². The van der Waals surface area contributed by atoms with E-state index in [4.69, 9.17) is 9.47 Å². The number of hydrogen-bond donors (Lipinski definition) is 0. The molecule has 0 aromatic rings. The van der Waals surface area contributed by atoms with Gasteiger partial charge in [0.05, 0.1) is 18.8 Å².